The van der Waals surface area contributed by atoms with Crippen molar-refractivity contribution >= 4 is 28.7 Å². The molecule has 1 aliphatic carbocycles. The lowest BCUT2D eigenvalue weighted by atomic mass is 9.82. The lowest BCUT2D eigenvalue weighted by Crippen LogP contribution is -2.24. The minimum absolute atomic E-state index is 0. The van der Waals surface area contributed by atoms with Gasteiger partial charge in [0.25, 0.3) is 0 Å². The lowest BCUT2D eigenvalue weighted by molar-refractivity contribution is -0.137. The number of hydrogen-bond acceptors (Lipinski definition) is 3. The van der Waals surface area contributed by atoms with Crippen molar-refractivity contribution in [3.05, 3.63) is 29.6 Å². The van der Waals surface area contributed by atoms with E-state index in [1.54, 1.807) is 18.5 Å². The Kier molecular flexibility index (Phi) is 4.18. The highest BCUT2D eigenvalue weighted by Gasteiger charge is 2.28. The maximum Gasteiger partial charge on any atom is 0.304 e. The van der Waals surface area contributed by atoms with Crippen molar-refractivity contribution in [2.24, 2.45) is 5.92 Å². The molecule has 1 aliphatic rings. The van der Waals surface area contributed by atoms with Gasteiger partial charge in [-0.3, -0.25) is 14.6 Å². The second kappa shape index (κ2) is 5.21. The van der Waals surface area contributed by atoms with Gasteiger partial charge in [-0.1, -0.05) is 0 Å². The number of aliphatic carboxylic acids is 1. The Morgan fingerprint density at radius 1 is 1.56 bits per heavy atom. The maximum atomic E-state index is 11.9. The molecule has 0 amide bonds. The Labute approximate surface area is 103 Å². The van der Waals surface area contributed by atoms with Gasteiger partial charge in [0.05, 0.1) is 6.42 Å². The summed E-state index contributed by atoms with van der Waals surface area (Å²) in [6.45, 7) is 0. The van der Waals surface area contributed by atoms with E-state index >= 15 is 0 Å². The van der Waals surface area contributed by atoms with Gasteiger partial charge in [-0.2, -0.15) is 0 Å². The van der Waals surface area contributed by atoms with E-state index in [0.717, 1.165) is 12.0 Å². The standard InChI is InChI=1S/C11H11NO3.BrH/c13-10(14)5-7-1-2-8-6-12-4-3-9(8)11(7)15;/h3-4,6-7H,1-2,5H2,(H,13,14);1H. The predicted molar refractivity (Wildman–Crippen MR) is 63.0 cm³/mol. The summed E-state index contributed by atoms with van der Waals surface area (Å²) in [4.78, 5) is 26.4. The Morgan fingerprint density at radius 2 is 2.31 bits per heavy atom. The van der Waals surface area contributed by atoms with Gasteiger partial charge >= 0.3 is 5.97 Å². The molecule has 0 fully saturated rings. The number of carbonyl (C=O) groups is 2. The highest BCUT2D eigenvalue weighted by Crippen LogP contribution is 2.26. The molecular formula is C11H12BrNO3. The van der Waals surface area contributed by atoms with Crippen LogP contribution in [0.3, 0.4) is 0 Å². The number of Topliss-reactive ketones (excluding diaryl/α,β-unsaturated/α-hetero) is 1. The number of carboxylic acid groups (broad SMARTS) is 1. The summed E-state index contributed by atoms with van der Waals surface area (Å²) in [7, 11) is 0. The van der Waals surface area contributed by atoms with Gasteiger partial charge in [-0.25, -0.2) is 0 Å². The quantitative estimate of drug-likeness (QED) is 0.901. The number of pyridine rings is 1. The molecule has 16 heavy (non-hydrogen) atoms. The molecule has 5 heteroatoms. The zero-order valence-corrected chi connectivity index (χ0v) is 10.3. The number of hydrogen-bond donors (Lipinski definition) is 1. The Bertz CT molecular complexity index is 419. The van der Waals surface area contributed by atoms with Crippen LogP contribution in [0.4, 0.5) is 0 Å². The smallest absolute Gasteiger partial charge is 0.304 e. The normalized spacial score (nSPS) is 18.5. The zero-order valence-electron chi connectivity index (χ0n) is 8.55. The SMILES string of the molecule is Br.O=C(O)CC1CCc2cnccc2C1=O. The summed E-state index contributed by atoms with van der Waals surface area (Å²) >= 11 is 0. The molecule has 0 bridgehead atoms. The van der Waals surface area contributed by atoms with Crippen LogP contribution in [-0.4, -0.2) is 21.8 Å². The number of ketones is 1. The third kappa shape index (κ3) is 2.47. The van der Waals surface area contributed by atoms with E-state index in [0.29, 0.717) is 12.0 Å². The lowest BCUT2D eigenvalue weighted by Gasteiger charge is -2.21. The summed E-state index contributed by atoms with van der Waals surface area (Å²) in [5.41, 5.74) is 1.58. The number of rotatable bonds is 2. The van der Waals surface area contributed by atoms with Gasteiger partial charge in [0.2, 0.25) is 0 Å². The third-order valence-electron chi connectivity index (χ3n) is 2.72. The first-order chi connectivity index (χ1) is 7.18. The molecule has 86 valence electrons. The highest BCUT2D eigenvalue weighted by atomic mass is 79.9. The van der Waals surface area contributed by atoms with E-state index in [9.17, 15) is 9.59 Å². The van der Waals surface area contributed by atoms with Crippen LogP contribution in [-0.2, 0) is 11.2 Å². The number of halogens is 1. The molecule has 1 heterocycles. The van der Waals surface area contributed by atoms with Crippen molar-refractivity contribution < 1.29 is 14.7 Å². The van der Waals surface area contributed by atoms with E-state index in [1.165, 1.54) is 0 Å². The van der Waals surface area contributed by atoms with Crippen molar-refractivity contribution in [3.8, 4) is 0 Å². The minimum atomic E-state index is -0.911. The average Bonchev–Trinajstić information content (AvgIpc) is 2.22. The summed E-state index contributed by atoms with van der Waals surface area (Å²) in [5.74, 6) is -1.33. The van der Waals surface area contributed by atoms with E-state index in [4.69, 9.17) is 5.11 Å². The Hall–Kier alpha value is -1.23. The van der Waals surface area contributed by atoms with Crippen LogP contribution in [0.25, 0.3) is 0 Å². The van der Waals surface area contributed by atoms with Crippen molar-refractivity contribution in [3.63, 3.8) is 0 Å². The minimum Gasteiger partial charge on any atom is -0.481 e. The molecule has 0 radical (unpaired) electrons. The number of fused-ring (bicyclic) bond motifs is 1. The Morgan fingerprint density at radius 3 is 3.00 bits per heavy atom. The molecule has 1 aromatic rings. The Balaban J connectivity index is 0.00000128. The molecule has 0 spiro atoms. The van der Waals surface area contributed by atoms with Crippen LogP contribution in [0, 0.1) is 5.92 Å². The van der Waals surface area contributed by atoms with Crippen molar-refractivity contribution in [1.82, 2.24) is 4.98 Å². The average molecular weight is 286 g/mol. The second-order valence-corrected chi connectivity index (χ2v) is 3.73. The topological polar surface area (TPSA) is 67.3 Å². The van der Waals surface area contributed by atoms with Crippen molar-refractivity contribution in [1.29, 1.82) is 0 Å². The van der Waals surface area contributed by atoms with E-state index < -0.39 is 5.97 Å². The van der Waals surface area contributed by atoms with Crippen LogP contribution in [0.15, 0.2) is 18.5 Å². The number of carboxylic acids is 1. The van der Waals surface area contributed by atoms with Gasteiger partial charge in [0.1, 0.15) is 0 Å². The molecule has 1 atom stereocenters. The van der Waals surface area contributed by atoms with Crippen LogP contribution < -0.4 is 0 Å². The first-order valence-corrected chi connectivity index (χ1v) is 4.87. The number of nitrogens with zero attached hydrogens (tertiary/aromatic N) is 1. The molecule has 2 rings (SSSR count). The van der Waals surface area contributed by atoms with Crippen molar-refractivity contribution in [2.45, 2.75) is 19.3 Å². The summed E-state index contributed by atoms with van der Waals surface area (Å²) in [6, 6.07) is 1.67. The van der Waals surface area contributed by atoms with Gasteiger partial charge < -0.3 is 5.11 Å². The second-order valence-electron chi connectivity index (χ2n) is 3.73. The summed E-state index contributed by atoms with van der Waals surface area (Å²) in [6.07, 6.45) is 4.54. The first kappa shape index (κ1) is 12.8. The highest BCUT2D eigenvalue weighted by molar-refractivity contribution is 8.93. The van der Waals surface area contributed by atoms with Crippen LogP contribution in [0.2, 0.25) is 0 Å². The summed E-state index contributed by atoms with van der Waals surface area (Å²) < 4.78 is 0. The zero-order chi connectivity index (χ0) is 10.8. The third-order valence-corrected chi connectivity index (χ3v) is 2.72. The van der Waals surface area contributed by atoms with E-state index in [-0.39, 0.29) is 35.1 Å². The van der Waals surface area contributed by atoms with Crippen LogP contribution in [0.1, 0.15) is 28.8 Å². The number of aryl methyl sites for hydroxylation is 1. The van der Waals surface area contributed by atoms with Gasteiger partial charge in [-0.15, -0.1) is 17.0 Å². The largest absolute Gasteiger partial charge is 0.481 e. The number of carbonyl (C=O) groups excluding carboxylic acids is 1. The molecular weight excluding hydrogens is 274 g/mol. The molecule has 1 unspecified atom stereocenters. The summed E-state index contributed by atoms with van der Waals surface area (Å²) in [5, 5.41) is 8.67. The maximum absolute atomic E-state index is 11.9. The fraction of sp³-hybridized carbons (Fsp3) is 0.364. The van der Waals surface area contributed by atoms with E-state index in [1.807, 2.05) is 0 Å². The van der Waals surface area contributed by atoms with E-state index in [2.05, 4.69) is 4.98 Å². The molecule has 0 saturated carbocycles. The van der Waals surface area contributed by atoms with Gasteiger partial charge in [0, 0.05) is 23.9 Å². The first-order valence-electron chi connectivity index (χ1n) is 4.87. The van der Waals surface area contributed by atoms with Crippen LogP contribution in [0.5, 0.6) is 0 Å². The van der Waals surface area contributed by atoms with Crippen molar-refractivity contribution in [2.75, 3.05) is 0 Å². The molecule has 0 aromatic carbocycles. The fourth-order valence-corrected chi connectivity index (χ4v) is 1.95. The predicted octanol–water partition coefficient (Wildman–Crippen LogP) is 1.88. The number of aromatic nitrogens is 1. The monoisotopic (exact) mass is 285 g/mol. The molecule has 1 aromatic heterocycles. The fourth-order valence-electron chi connectivity index (χ4n) is 1.95. The van der Waals surface area contributed by atoms with Gasteiger partial charge in [-0.05, 0) is 24.5 Å². The molecule has 1 N–H and O–H groups in total. The molecule has 0 saturated heterocycles. The molecule has 0 aliphatic heterocycles. The molecule has 4 nitrogen and oxygen atoms in total. The van der Waals surface area contributed by atoms with Gasteiger partial charge in [0.15, 0.2) is 5.78 Å². The van der Waals surface area contributed by atoms with Crippen LogP contribution >= 0.6 is 17.0 Å².